The van der Waals surface area contributed by atoms with Gasteiger partial charge in [-0.3, -0.25) is 4.79 Å². The molecule has 0 radical (unpaired) electrons. The topological polar surface area (TPSA) is 69.2 Å². The summed E-state index contributed by atoms with van der Waals surface area (Å²) in [6.07, 6.45) is 0.826. The molecule has 2 rings (SSSR count). The van der Waals surface area contributed by atoms with Gasteiger partial charge in [0, 0.05) is 0 Å². The van der Waals surface area contributed by atoms with E-state index in [1.807, 2.05) is 18.2 Å². The van der Waals surface area contributed by atoms with Gasteiger partial charge >= 0.3 is 0 Å². The molecule has 1 atom stereocenters. The maximum atomic E-state index is 12.1. The normalized spacial score (nSPS) is 11.8. The molecule has 0 fully saturated rings. The number of amides is 1. The predicted molar refractivity (Wildman–Crippen MR) is 99.5 cm³/mol. The molecule has 0 saturated heterocycles. The number of nitrogens with one attached hydrogen (secondary N) is 1. The highest BCUT2D eigenvalue weighted by Gasteiger charge is 2.15. The van der Waals surface area contributed by atoms with Crippen LogP contribution in [0.5, 0.6) is 17.2 Å². The second kappa shape index (κ2) is 9.08. The molecule has 0 spiro atoms. The van der Waals surface area contributed by atoms with Crippen molar-refractivity contribution in [2.45, 2.75) is 13.0 Å². The summed E-state index contributed by atoms with van der Waals surface area (Å²) in [5.74, 6) is 1.45. The number of ether oxygens (including phenoxy) is 3. The number of methoxy groups -OCH3 is 2. The minimum absolute atomic E-state index is 0.354. The van der Waals surface area contributed by atoms with Gasteiger partial charge in [-0.25, -0.2) is 5.43 Å². The lowest BCUT2D eigenvalue weighted by Crippen LogP contribution is -2.33. The molecule has 0 aliphatic heterocycles. The molecule has 1 N–H and O–H groups in total. The fourth-order valence-electron chi connectivity index (χ4n) is 1.98. The van der Waals surface area contributed by atoms with Crippen LogP contribution in [0.1, 0.15) is 12.5 Å². The maximum absolute atomic E-state index is 12.1. The minimum atomic E-state index is -0.693. The van der Waals surface area contributed by atoms with E-state index in [-0.39, 0.29) is 5.91 Å². The zero-order valence-corrected chi connectivity index (χ0v) is 15.7. The Balaban J connectivity index is 1.95. The first-order chi connectivity index (χ1) is 12.0. The molecule has 2 aromatic rings. The van der Waals surface area contributed by atoms with Crippen molar-refractivity contribution in [3.63, 3.8) is 0 Å². The lowest BCUT2D eigenvalue weighted by molar-refractivity contribution is -0.127. The quantitative estimate of drug-likeness (QED) is 0.565. The average Bonchev–Trinajstić information content (AvgIpc) is 2.63. The minimum Gasteiger partial charge on any atom is -0.493 e. The Morgan fingerprint density at radius 2 is 1.84 bits per heavy atom. The number of carbonyl (C=O) groups is 1. The van der Waals surface area contributed by atoms with Gasteiger partial charge in [0.15, 0.2) is 17.6 Å². The average molecular weight is 407 g/mol. The first-order valence-electron chi connectivity index (χ1n) is 7.51. The summed E-state index contributed by atoms with van der Waals surface area (Å²) in [7, 11) is 3.12. The van der Waals surface area contributed by atoms with Gasteiger partial charge in [-0.2, -0.15) is 5.10 Å². The van der Waals surface area contributed by atoms with Gasteiger partial charge in [-0.05, 0) is 58.7 Å². The predicted octanol–water partition coefficient (Wildman–Crippen LogP) is 3.38. The van der Waals surface area contributed by atoms with Gasteiger partial charge in [0.2, 0.25) is 0 Å². The third-order valence-corrected chi connectivity index (χ3v) is 3.96. The van der Waals surface area contributed by atoms with Crippen molar-refractivity contribution in [3.05, 3.63) is 52.5 Å². The summed E-state index contributed by atoms with van der Waals surface area (Å²) >= 11 is 3.37. The Kier molecular flexibility index (Phi) is 6.82. The number of para-hydroxylation sites is 1. The molecule has 0 heterocycles. The zero-order chi connectivity index (χ0) is 18.2. The summed E-state index contributed by atoms with van der Waals surface area (Å²) in [6, 6.07) is 12.7. The summed E-state index contributed by atoms with van der Waals surface area (Å²) < 4.78 is 16.8. The van der Waals surface area contributed by atoms with E-state index >= 15 is 0 Å². The van der Waals surface area contributed by atoms with E-state index < -0.39 is 6.10 Å². The van der Waals surface area contributed by atoms with Gasteiger partial charge < -0.3 is 14.2 Å². The fraction of sp³-hybridized carbons (Fsp3) is 0.222. The maximum Gasteiger partial charge on any atom is 0.280 e. The third kappa shape index (κ3) is 5.22. The molecule has 2 aromatic carbocycles. The lowest BCUT2D eigenvalue weighted by atomic mass is 10.2. The highest BCUT2D eigenvalue weighted by atomic mass is 79.9. The number of rotatable bonds is 7. The summed E-state index contributed by atoms with van der Waals surface area (Å²) in [5.41, 5.74) is 3.22. The van der Waals surface area contributed by atoms with Crippen LogP contribution in [0.3, 0.4) is 0 Å². The van der Waals surface area contributed by atoms with E-state index in [0.717, 1.165) is 10.0 Å². The number of halogens is 1. The number of hydrazone groups is 1. The van der Waals surface area contributed by atoms with Crippen LogP contribution < -0.4 is 19.6 Å². The molecule has 0 saturated carbocycles. The van der Waals surface area contributed by atoms with Crippen molar-refractivity contribution in [1.82, 2.24) is 5.43 Å². The molecule has 0 aliphatic carbocycles. The Morgan fingerprint density at radius 1 is 1.12 bits per heavy atom. The smallest absolute Gasteiger partial charge is 0.280 e. The fourth-order valence-corrected chi connectivity index (χ4v) is 2.36. The molecule has 132 valence electrons. The van der Waals surface area contributed by atoms with Crippen molar-refractivity contribution < 1.29 is 19.0 Å². The van der Waals surface area contributed by atoms with E-state index in [0.29, 0.717) is 17.2 Å². The second-order valence-corrected chi connectivity index (χ2v) is 5.89. The van der Waals surface area contributed by atoms with Gasteiger partial charge in [-0.15, -0.1) is 0 Å². The van der Waals surface area contributed by atoms with Gasteiger partial charge in [0.05, 0.1) is 24.9 Å². The number of hydrogen-bond donors (Lipinski definition) is 1. The van der Waals surface area contributed by atoms with E-state index in [1.165, 1.54) is 6.21 Å². The number of benzene rings is 2. The van der Waals surface area contributed by atoms with Crippen LogP contribution in [-0.4, -0.2) is 32.4 Å². The molecule has 6 nitrogen and oxygen atoms in total. The van der Waals surface area contributed by atoms with E-state index in [1.54, 1.807) is 45.4 Å². The molecule has 0 aromatic heterocycles. The van der Waals surface area contributed by atoms with Gasteiger partial charge in [0.1, 0.15) is 5.75 Å². The van der Waals surface area contributed by atoms with Crippen molar-refractivity contribution >= 4 is 28.1 Å². The second-order valence-electron chi connectivity index (χ2n) is 5.04. The van der Waals surface area contributed by atoms with Crippen molar-refractivity contribution in [3.8, 4) is 17.2 Å². The molecule has 25 heavy (non-hydrogen) atoms. The number of hydrogen-bond acceptors (Lipinski definition) is 5. The molecular weight excluding hydrogens is 388 g/mol. The van der Waals surface area contributed by atoms with E-state index in [4.69, 9.17) is 14.2 Å². The van der Waals surface area contributed by atoms with Crippen molar-refractivity contribution in [1.29, 1.82) is 0 Å². The van der Waals surface area contributed by atoms with Crippen LogP contribution in [0.4, 0.5) is 0 Å². The highest BCUT2D eigenvalue weighted by Crippen LogP contribution is 2.27. The Hall–Kier alpha value is -2.54. The molecule has 7 heteroatoms. The SMILES string of the molecule is COc1ccc(/C=N\NC(=O)[C@H](C)Oc2ccccc2Br)cc1OC. The first kappa shape index (κ1) is 18.8. The molecule has 0 aliphatic rings. The van der Waals surface area contributed by atoms with Crippen LogP contribution in [0.25, 0.3) is 0 Å². The van der Waals surface area contributed by atoms with Crippen molar-refractivity contribution in [2.24, 2.45) is 5.10 Å². The molecule has 0 unspecified atom stereocenters. The Labute approximate surface area is 154 Å². The first-order valence-corrected chi connectivity index (χ1v) is 8.30. The highest BCUT2D eigenvalue weighted by molar-refractivity contribution is 9.10. The standard InChI is InChI=1S/C18H19BrN2O4/c1-12(25-15-7-5-4-6-14(15)19)18(22)21-20-11-13-8-9-16(23-2)17(10-13)24-3/h4-12H,1-3H3,(H,21,22)/b20-11-/t12-/m0/s1. The zero-order valence-electron chi connectivity index (χ0n) is 14.2. The van der Waals surface area contributed by atoms with Crippen LogP contribution >= 0.6 is 15.9 Å². The number of nitrogens with zero attached hydrogens (tertiary/aromatic N) is 1. The molecule has 1 amide bonds. The van der Waals surface area contributed by atoms with Crippen LogP contribution in [0.2, 0.25) is 0 Å². The number of carbonyl (C=O) groups excluding carboxylic acids is 1. The van der Waals surface area contributed by atoms with Crippen LogP contribution in [0.15, 0.2) is 52.0 Å². The monoisotopic (exact) mass is 406 g/mol. The summed E-state index contributed by atoms with van der Waals surface area (Å²) in [4.78, 5) is 12.1. The summed E-state index contributed by atoms with van der Waals surface area (Å²) in [5, 5.41) is 3.94. The van der Waals surface area contributed by atoms with E-state index in [9.17, 15) is 4.79 Å². The van der Waals surface area contributed by atoms with Gasteiger partial charge in [0.25, 0.3) is 5.91 Å². The Bertz CT molecular complexity index is 764. The van der Waals surface area contributed by atoms with Gasteiger partial charge in [-0.1, -0.05) is 12.1 Å². The van der Waals surface area contributed by atoms with Crippen LogP contribution in [-0.2, 0) is 4.79 Å². The molecular formula is C18H19BrN2O4. The summed E-state index contributed by atoms with van der Waals surface area (Å²) in [6.45, 7) is 1.65. The lowest BCUT2D eigenvalue weighted by Gasteiger charge is -2.14. The van der Waals surface area contributed by atoms with Crippen molar-refractivity contribution in [2.75, 3.05) is 14.2 Å². The third-order valence-electron chi connectivity index (χ3n) is 3.31. The largest absolute Gasteiger partial charge is 0.493 e. The van der Waals surface area contributed by atoms with Crippen LogP contribution in [0, 0.1) is 0 Å². The molecule has 0 bridgehead atoms. The Morgan fingerprint density at radius 3 is 2.52 bits per heavy atom. The van der Waals surface area contributed by atoms with E-state index in [2.05, 4.69) is 26.5 Å².